The molecule has 0 radical (unpaired) electrons. The van der Waals surface area contributed by atoms with Crippen molar-refractivity contribution in [3.63, 3.8) is 0 Å². The van der Waals surface area contributed by atoms with Crippen LogP contribution in [0.2, 0.25) is 10.0 Å². The molecule has 3 nitrogen and oxygen atoms in total. The van der Waals surface area contributed by atoms with Crippen molar-refractivity contribution < 1.29 is 9.68 Å². The molecule has 86 valence electrons. The molecule has 0 bridgehead atoms. The van der Waals surface area contributed by atoms with Crippen molar-refractivity contribution in [1.29, 1.82) is 0 Å². The molecular formula is C10H12BCl2NO2. The number of hydrogen-bond acceptors (Lipinski definition) is 3. The van der Waals surface area contributed by atoms with Gasteiger partial charge in [-0.15, -0.1) is 0 Å². The van der Waals surface area contributed by atoms with Gasteiger partial charge in [0.25, 0.3) is 0 Å². The van der Waals surface area contributed by atoms with Crippen LogP contribution in [0.25, 0.3) is 0 Å². The molecule has 0 saturated carbocycles. The van der Waals surface area contributed by atoms with Gasteiger partial charge in [0.15, 0.2) is 0 Å². The lowest BCUT2D eigenvalue weighted by atomic mass is 9.79. The molecule has 0 amide bonds. The Morgan fingerprint density at radius 2 is 2.31 bits per heavy atom. The van der Waals surface area contributed by atoms with Crippen molar-refractivity contribution in [2.24, 2.45) is 0 Å². The summed E-state index contributed by atoms with van der Waals surface area (Å²) in [6.45, 7) is 3.19. The summed E-state index contributed by atoms with van der Waals surface area (Å²) in [5.74, 6) is 0. The minimum atomic E-state index is -0.943. The maximum atomic E-state index is 9.63. The van der Waals surface area contributed by atoms with E-state index in [2.05, 4.69) is 12.2 Å². The van der Waals surface area contributed by atoms with Gasteiger partial charge in [0.2, 0.25) is 0 Å². The molecule has 1 aromatic carbocycles. The number of halogens is 2. The highest BCUT2D eigenvalue weighted by molar-refractivity contribution is 6.66. The molecule has 0 unspecified atom stereocenters. The van der Waals surface area contributed by atoms with E-state index in [1.165, 1.54) is 0 Å². The van der Waals surface area contributed by atoms with Gasteiger partial charge in [0.05, 0.1) is 22.3 Å². The van der Waals surface area contributed by atoms with Crippen molar-refractivity contribution >= 4 is 41.5 Å². The smallest absolute Gasteiger partial charge is 0.423 e. The lowest BCUT2D eigenvalue weighted by Crippen LogP contribution is -2.29. The van der Waals surface area contributed by atoms with Crippen LogP contribution in [-0.4, -0.2) is 18.7 Å². The maximum Gasteiger partial charge on any atom is 0.493 e. The number of benzene rings is 1. The quantitative estimate of drug-likeness (QED) is 0.817. The molecule has 1 aromatic rings. The summed E-state index contributed by atoms with van der Waals surface area (Å²) in [5, 5.41) is 13.8. The third-order valence-corrected chi connectivity index (χ3v) is 3.23. The molecule has 0 atom stereocenters. The van der Waals surface area contributed by atoms with Gasteiger partial charge in [-0.3, -0.25) is 0 Å². The Morgan fingerprint density at radius 1 is 1.56 bits per heavy atom. The van der Waals surface area contributed by atoms with E-state index in [4.69, 9.17) is 27.9 Å². The van der Waals surface area contributed by atoms with Crippen LogP contribution in [0.4, 0.5) is 5.69 Å². The number of fused-ring (bicyclic) bond motifs is 1. The highest BCUT2D eigenvalue weighted by Gasteiger charge is 2.32. The van der Waals surface area contributed by atoms with E-state index in [0.717, 1.165) is 18.5 Å². The van der Waals surface area contributed by atoms with E-state index in [1.807, 2.05) is 0 Å². The number of rotatable bonds is 3. The highest BCUT2D eigenvalue weighted by atomic mass is 35.5. The Hall–Kier alpha value is -0.415. The second-order valence-electron chi connectivity index (χ2n) is 3.71. The average molecular weight is 260 g/mol. The van der Waals surface area contributed by atoms with Crippen molar-refractivity contribution in [1.82, 2.24) is 0 Å². The van der Waals surface area contributed by atoms with Crippen LogP contribution >= 0.6 is 23.2 Å². The zero-order valence-corrected chi connectivity index (χ0v) is 10.4. The van der Waals surface area contributed by atoms with Crippen LogP contribution in [0, 0.1) is 0 Å². The molecule has 16 heavy (non-hydrogen) atoms. The monoisotopic (exact) mass is 259 g/mol. The standard InChI is InChI=1S/C10H12BCl2NO2/c1-2-3-14-10-7(12)4-6-5-16-11(15)8(6)9(10)13/h4,14-15H,2-3,5H2,1H3. The van der Waals surface area contributed by atoms with Crippen LogP contribution in [0.1, 0.15) is 18.9 Å². The fraction of sp³-hybridized carbons (Fsp3) is 0.400. The molecule has 0 aliphatic carbocycles. The zero-order chi connectivity index (χ0) is 11.7. The molecule has 6 heteroatoms. The normalized spacial score (nSPS) is 14.1. The Morgan fingerprint density at radius 3 is 3.00 bits per heavy atom. The lowest BCUT2D eigenvalue weighted by Gasteiger charge is -2.13. The summed E-state index contributed by atoms with van der Waals surface area (Å²) >= 11 is 12.3. The van der Waals surface area contributed by atoms with E-state index in [1.54, 1.807) is 6.07 Å². The molecule has 1 heterocycles. The van der Waals surface area contributed by atoms with Gasteiger partial charge in [-0.1, -0.05) is 30.1 Å². The number of anilines is 1. The summed E-state index contributed by atoms with van der Waals surface area (Å²) in [6, 6.07) is 1.79. The van der Waals surface area contributed by atoms with E-state index in [-0.39, 0.29) is 0 Å². The van der Waals surface area contributed by atoms with Crippen molar-refractivity contribution in [3.05, 3.63) is 21.7 Å². The first-order chi connectivity index (χ1) is 7.65. The van der Waals surface area contributed by atoms with Crippen molar-refractivity contribution in [2.75, 3.05) is 11.9 Å². The van der Waals surface area contributed by atoms with Gasteiger partial charge >= 0.3 is 7.12 Å². The first-order valence-electron chi connectivity index (χ1n) is 5.19. The summed E-state index contributed by atoms with van der Waals surface area (Å²) < 4.78 is 5.10. The number of hydrogen-bond donors (Lipinski definition) is 2. The summed E-state index contributed by atoms with van der Waals surface area (Å²) in [4.78, 5) is 0. The van der Waals surface area contributed by atoms with Gasteiger partial charge in [-0.2, -0.15) is 0 Å². The minimum absolute atomic E-state index is 0.351. The Bertz CT molecular complexity index is 414. The van der Waals surface area contributed by atoms with E-state index >= 15 is 0 Å². The molecule has 1 aliphatic heterocycles. The topological polar surface area (TPSA) is 41.5 Å². The van der Waals surface area contributed by atoms with Gasteiger partial charge in [0.1, 0.15) is 0 Å². The van der Waals surface area contributed by atoms with Crippen LogP contribution in [0.3, 0.4) is 0 Å². The first-order valence-corrected chi connectivity index (χ1v) is 5.95. The minimum Gasteiger partial charge on any atom is -0.423 e. The Labute approximate surface area is 105 Å². The fourth-order valence-corrected chi connectivity index (χ4v) is 2.46. The second-order valence-corrected chi connectivity index (χ2v) is 4.50. The molecule has 2 rings (SSSR count). The van der Waals surface area contributed by atoms with Crippen molar-refractivity contribution in [2.45, 2.75) is 20.0 Å². The van der Waals surface area contributed by atoms with E-state index in [9.17, 15) is 5.02 Å². The van der Waals surface area contributed by atoms with Gasteiger partial charge in [0, 0.05) is 12.0 Å². The molecule has 2 N–H and O–H groups in total. The fourth-order valence-electron chi connectivity index (χ4n) is 1.73. The first kappa shape index (κ1) is 12.1. The molecular weight excluding hydrogens is 248 g/mol. The third-order valence-electron chi connectivity index (χ3n) is 2.54. The summed E-state index contributed by atoms with van der Waals surface area (Å²) in [5.41, 5.74) is 2.16. The van der Waals surface area contributed by atoms with Gasteiger partial charge in [-0.05, 0) is 18.1 Å². The van der Waals surface area contributed by atoms with E-state index < -0.39 is 7.12 Å². The molecule has 0 saturated heterocycles. The zero-order valence-electron chi connectivity index (χ0n) is 8.89. The predicted molar refractivity (Wildman–Crippen MR) is 67.6 cm³/mol. The SMILES string of the molecule is CCCNc1c(Cl)cc2c(c1Cl)B(O)OC2. The second kappa shape index (κ2) is 4.84. The van der Waals surface area contributed by atoms with E-state index in [0.29, 0.717) is 27.8 Å². The Kier molecular flexibility index (Phi) is 3.65. The largest absolute Gasteiger partial charge is 0.493 e. The highest BCUT2D eigenvalue weighted by Crippen LogP contribution is 2.32. The van der Waals surface area contributed by atoms with Gasteiger partial charge < -0.3 is 15.0 Å². The van der Waals surface area contributed by atoms with Crippen molar-refractivity contribution in [3.8, 4) is 0 Å². The number of nitrogens with one attached hydrogen (secondary N) is 1. The average Bonchev–Trinajstić information content (AvgIpc) is 2.60. The van der Waals surface area contributed by atoms with Crippen LogP contribution in [-0.2, 0) is 11.3 Å². The van der Waals surface area contributed by atoms with Crippen LogP contribution in [0.15, 0.2) is 6.07 Å². The summed E-state index contributed by atoms with van der Waals surface area (Å²) in [7, 11) is -0.943. The van der Waals surface area contributed by atoms with Crippen LogP contribution in [0.5, 0.6) is 0 Å². The summed E-state index contributed by atoms with van der Waals surface area (Å²) in [6.07, 6.45) is 0.975. The third kappa shape index (κ3) is 2.03. The van der Waals surface area contributed by atoms with Crippen LogP contribution < -0.4 is 10.8 Å². The molecule has 0 spiro atoms. The molecule has 0 aromatic heterocycles. The Balaban J connectivity index is 2.42. The molecule has 0 fully saturated rings. The maximum absolute atomic E-state index is 9.63. The lowest BCUT2D eigenvalue weighted by molar-refractivity contribution is 0.275. The van der Waals surface area contributed by atoms with Gasteiger partial charge in [-0.25, -0.2) is 0 Å². The predicted octanol–water partition coefficient (Wildman–Crippen LogP) is 2.03. The molecule has 1 aliphatic rings.